The average Bonchev–Trinajstić information content (AvgIpc) is 2.55. The van der Waals surface area contributed by atoms with Gasteiger partial charge >= 0.3 is 5.97 Å². The van der Waals surface area contributed by atoms with Gasteiger partial charge in [-0.1, -0.05) is 6.07 Å². The van der Waals surface area contributed by atoms with Crippen LogP contribution in [0.4, 0.5) is 4.39 Å². The molecule has 1 aromatic carbocycles. The normalized spacial score (nSPS) is 17.7. The molecule has 5 nitrogen and oxygen atoms in total. The van der Waals surface area contributed by atoms with Gasteiger partial charge in [0.15, 0.2) is 6.10 Å². The predicted octanol–water partition coefficient (Wildman–Crippen LogP) is 1.44. The Balaban J connectivity index is 1.93. The molecule has 0 amide bonds. The third kappa shape index (κ3) is 3.81. The van der Waals surface area contributed by atoms with Gasteiger partial charge in [0.25, 0.3) is 0 Å². The molecule has 22 heavy (non-hydrogen) atoms. The third-order valence-electron chi connectivity index (χ3n) is 4.11. The van der Waals surface area contributed by atoms with Crippen LogP contribution in [0.2, 0.25) is 0 Å². The standard InChI is InChI=1S/C16H19FN2O3/c1-22-16(21)15(20)11-4-6-19(7-5-11)10-12-2-3-14(17)8-13(12)9-18/h2-3,8,11,15,20H,4-7,10H2,1H3. The smallest absolute Gasteiger partial charge is 0.334 e. The van der Waals surface area contributed by atoms with Gasteiger partial charge in [0.2, 0.25) is 0 Å². The van der Waals surface area contributed by atoms with Gasteiger partial charge in [0.05, 0.1) is 18.7 Å². The van der Waals surface area contributed by atoms with E-state index in [1.807, 2.05) is 6.07 Å². The summed E-state index contributed by atoms with van der Waals surface area (Å²) in [6.07, 6.45) is 0.284. The van der Waals surface area contributed by atoms with E-state index in [-0.39, 0.29) is 5.92 Å². The lowest BCUT2D eigenvalue weighted by Crippen LogP contribution is -2.40. The number of aliphatic hydroxyl groups is 1. The lowest BCUT2D eigenvalue weighted by Gasteiger charge is -2.33. The van der Waals surface area contributed by atoms with Gasteiger partial charge in [-0.2, -0.15) is 5.26 Å². The van der Waals surface area contributed by atoms with Crippen LogP contribution >= 0.6 is 0 Å². The fraction of sp³-hybridized carbons (Fsp3) is 0.500. The predicted molar refractivity (Wildman–Crippen MR) is 77.1 cm³/mol. The first kappa shape index (κ1) is 16.4. The first-order chi connectivity index (χ1) is 10.5. The van der Waals surface area contributed by atoms with Gasteiger partial charge in [0.1, 0.15) is 5.82 Å². The Bertz CT molecular complexity index is 577. The van der Waals surface area contributed by atoms with Crippen LogP contribution in [-0.4, -0.2) is 42.3 Å². The number of hydrogen-bond donors (Lipinski definition) is 1. The first-order valence-corrected chi connectivity index (χ1v) is 7.22. The van der Waals surface area contributed by atoms with Crippen molar-refractivity contribution in [1.82, 2.24) is 4.90 Å². The van der Waals surface area contributed by atoms with Crippen molar-refractivity contribution < 1.29 is 19.0 Å². The van der Waals surface area contributed by atoms with E-state index in [0.29, 0.717) is 38.0 Å². The molecule has 1 aromatic rings. The zero-order valence-corrected chi connectivity index (χ0v) is 12.5. The Hall–Kier alpha value is -1.97. The minimum atomic E-state index is -1.08. The van der Waals surface area contributed by atoms with Crippen LogP contribution in [0, 0.1) is 23.1 Å². The van der Waals surface area contributed by atoms with Crippen molar-refractivity contribution >= 4 is 5.97 Å². The summed E-state index contributed by atoms with van der Waals surface area (Å²) in [5, 5.41) is 18.9. The molecule has 0 aromatic heterocycles. The summed E-state index contributed by atoms with van der Waals surface area (Å²) in [6.45, 7) is 1.98. The van der Waals surface area contributed by atoms with Crippen molar-refractivity contribution in [2.24, 2.45) is 5.92 Å². The van der Waals surface area contributed by atoms with E-state index in [4.69, 9.17) is 5.26 Å². The van der Waals surface area contributed by atoms with Crippen molar-refractivity contribution in [2.75, 3.05) is 20.2 Å². The number of esters is 1. The molecule has 1 aliphatic heterocycles. The third-order valence-corrected chi connectivity index (χ3v) is 4.11. The molecule has 1 fully saturated rings. The molecule has 2 rings (SSSR count). The van der Waals surface area contributed by atoms with E-state index < -0.39 is 17.9 Å². The molecule has 118 valence electrons. The van der Waals surface area contributed by atoms with Crippen molar-refractivity contribution in [3.63, 3.8) is 0 Å². The molecule has 1 aliphatic rings. The Morgan fingerprint density at radius 1 is 1.55 bits per heavy atom. The van der Waals surface area contributed by atoms with E-state index in [1.54, 1.807) is 6.07 Å². The first-order valence-electron chi connectivity index (χ1n) is 7.22. The summed E-state index contributed by atoms with van der Waals surface area (Å²) in [6, 6.07) is 6.23. The molecule has 1 atom stereocenters. The number of hydrogen-bond acceptors (Lipinski definition) is 5. The number of nitriles is 1. The van der Waals surface area contributed by atoms with Crippen LogP contribution in [0.15, 0.2) is 18.2 Å². The maximum atomic E-state index is 13.1. The van der Waals surface area contributed by atoms with Gasteiger partial charge in [-0.15, -0.1) is 0 Å². The maximum Gasteiger partial charge on any atom is 0.334 e. The van der Waals surface area contributed by atoms with Crippen molar-refractivity contribution in [3.05, 3.63) is 35.1 Å². The van der Waals surface area contributed by atoms with E-state index in [2.05, 4.69) is 9.64 Å². The van der Waals surface area contributed by atoms with Crippen LogP contribution in [0.1, 0.15) is 24.0 Å². The topological polar surface area (TPSA) is 73.6 Å². The molecule has 0 saturated carbocycles. The number of carbonyl (C=O) groups excluding carboxylic acids is 1. The van der Waals surface area contributed by atoms with Gasteiger partial charge in [0, 0.05) is 6.54 Å². The molecule has 1 N–H and O–H groups in total. The number of rotatable bonds is 4. The SMILES string of the molecule is COC(=O)C(O)C1CCN(Cc2ccc(F)cc2C#N)CC1. The average molecular weight is 306 g/mol. The molecule has 0 radical (unpaired) electrons. The van der Waals surface area contributed by atoms with Gasteiger partial charge in [-0.25, -0.2) is 9.18 Å². The van der Waals surface area contributed by atoms with Crippen LogP contribution in [0.25, 0.3) is 0 Å². The summed E-state index contributed by atoms with van der Waals surface area (Å²) in [7, 11) is 1.26. The van der Waals surface area contributed by atoms with Gasteiger partial charge in [-0.05, 0) is 49.5 Å². The summed E-state index contributed by atoms with van der Waals surface area (Å²) < 4.78 is 17.7. The van der Waals surface area contributed by atoms with E-state index in [9.17, 15) is 14.3 Å². The molecule has 1 saturated heterocycles. The van der Waals surface area contributed by atoms with Crippen molar-refractivity contribution in [1.29, 1.82) is 5.26 Å². The highest BCUT2D eigenvalue weighted by Gasteiger charge is 2.30. The number of halogens is 1. The molecule has 6 heteroatoms. The van der Waals surface area contributed by atoms with E-state index >= 15 is 0 Å². The monoisotopic (exact) mass is 306 g/mol. The number of aliphatic hydroxyl groups excluding tert-OH is 1. The Morgan fingerprint density at radius 3 is 2.82 bits per heavy atom. The molecule has 1 unspecified atom stereocenters. The fourth-order valence-corrected chi connectivity index (χ4v) is 2.77. The molecule has 0 spiro atoms. The zero-order valence-electron chi connectivity index (χ0n) is 12.5. The van der Waals surface area contributed by atoms with E-state index in [1.165, 1.54) is 19.2 Å². The van der Waals surface area contributed by atoms with Crippen LogP contribution in [-0.2, 0) is 16.1 Å². The molecular formula is C16H19FN2O3. The van der Waals surface area contributed by atoms with Crippen LogP contribution < -0.4 is 0 Å². The minimum Gasteiger partial charge on any atom is -0.467 e. The molecule has 0 bridgehead atoms. The minimum absolute atomic E-state index is 0.104. The van der Waals surface area contributed by atoms with Crippen LogP contribution in [0.5, 0.6) is 0 Å². The number of likely N-dealkylation sites (tertiary alicyclic amines) is 1. The number of piperidine rings is 1. The molecule has 1 heterocycles. The van der Waals surface area contributed by atoms with Crippen molar-refractivity contribution in [2.45, 2.75) is 25.5 Å². The number of ether oxygens (including phenoxy) is 1. The van der Waals surface area contributed by atoms with Crippen LogP contribution in [0.3, 0.4) is 0 Å². The highest BCUT2D eigenvalue weighted by Crippen LogP contribution is 2.23. The van der Waals surface area contributed by atoms with Gasteiger partial charge in [-0.3, -0.25) is 4.90 Å². The fourth-order valence-electron chi connectivity index (χ4n) is 2.77. The molecular weight excluding hydrogens is 287 g/mol. The quantitative estimate of drug-likeness (QED) is 0.852. The summed E-state index contributed by atoms with van der Waals surface area (Å²) >= 11 is 0. The largest absolute Gasteiger partial charge is 0.467 e. The lowest BCUT2D eigenvalue weighted by molar-refractivity contribution is -0.154. The molecule has 0 aliphatic carbocycles. The lowest BCUT2D eigenvalue weighted by atomic mass is 9.91. The second-order valence-corrected chi connectivity index (χ2v) is 5.49. The highest BCUT2D eigenvalue weighted by atomic mass is 19.1. The maximum absolute atomic E-state index is 13.1. The summed E-state index contributed by atoms with van der Waals surface area (Å²) in [5.41, 5.74) is 1.13. The highest BCUT2D eigenvalue weighted by molar-refractivity contribution is 5.74. The van der Waals surface area contributed by atoms with Gasteiger partial charge < -0.3 is 9.84 Å². The van der Waals surface area contributed by atoms with E-state index in [0.717, 1.165) is 5.56 Å². The van der Waals surface area contributed by atoms with Crippen molar-refractivity contribution in [3.8, 4) is 6.07 Å². The number of methoxy groups -OCH3 is 1. The number of nitrogens with zero attached hydrogens (tertiary/aromatic N) is 2. The second-order valence-electron chi connectivity index (χ2n) is 5.49. The Kier molecular flexibility index (Phi) is 5.47. The zero-order chi connectivity index (χ0) is 16.1. The second kappa shape index (κ2) is 7.34. The Morgan fingerprint density at radius 2 is 2.23 bits per heavy atom. The number of carbonyl (C=O) groups is 1. The summed E-state index contributed by atoms with van der Waals surface area (Å²) in [5.74, 6) is -1.11. The number of benzene rings is 1. The summed E-state index contributed by atoms with van der Waals surface area (Å²) in [4.78, 5) is 13.5. The Labute approximate surface area is 128 Å².